The fourth-order valence-corrected chi connectivity index (χ4v) is 3.19. The molecular weight excluding hydrogens is 355 g/mol. The lowest BCUT2D eigenvalue weighted by atomic mass is 10.2. The Morgan fingerprint density at radius 2 is 1.92 bits per heavy atom. The van der Waals surface area contributed by atoms with Crippen molar-refractivity contribution in [3.8, 4) is 0 Å². The first-order valence-electron chi connectivity index (χ1n) is 6.97. The standard InChI is InChI=1S/C16H16ClFN2O3S/c1-11-7-8-12(17)9-15(11)20(24(2,22)23)10-16(21)19-14-6-4-3-5-13(14)18/h3-9H,10H2,1-2H3,(H,19,21). The topological polar surface area (TPSA) is 66.5 Å². The van der Waals surface area contributed by atoms with Crippen LogP contribution in [-0.4, -0.2) is 27.1 Å². The van der Waals surface area contributed by atoms with E-state index in [1.54, 1.807) is 25.1 Å². The van der Waals surface area contributed by atoms with Crippen LogP contribution in [0.15, 0.2) is 42.5 Å². The highest BCUT2D eigenvalue weighted by Crippen LogP contribution is 2.26. The molecule has 0 saturated carbocycles. The highest BCUT2D eigenvalue weighted by Gasteiger charge is 2.23. The molecule has 0 aliphatic rings. The summed E-state index contributed by atoms with van der Waals surface area (Å²) in [5.74, 6) is -1.26. The van der Waals surface area contributed by atoms with Crippen LogP contribution in [0.4, 0.5) is 15.8 Å². The molecule has 24 heavy (non-hydrogen) atoms. The van der Waals surface area contributed by atoms with Crippen LogP contribution in [0, 0.1) is 12.7 Å². The van der Waals surface area contributed by atoms with Crippen LogP contribution in [0.25, 0.3) is 0 Å². The number of halogens is 2. The molecule has 2 aromatic rings. The molecule has 0 unspecified atom stereocenters. The first-order valence-corrected chi connectivity index (χ1v) is 9.19. The lowest BCUT2D eigenvalue weighted by Gasteiger charge is -2.23. The van der Waals surface area contributed by atoms with Gasteiger partial charge in [-0.25, -0.2) is 12.8 Å². The van der Waals surface area contributed by atoms with Crippen molar-refractivity contribution in [2.24, 2.45) is 0 Å². The molecule has 0 aliphatic heterocycles. The Kier molecular flexibility index (Phi) is 5.46. The highest BCUT2D eigenvalue weighted by atomic mass is 35.5. The second kappa shape index (κ2) is 7.19. The van der Waals surface area contributed by atoms with Crippen molar-refractivity contribution < 1.29 is 17.6 Å². The first-order chi connectivity index (χ1) is 11.2. The van der Waals surface area contributed by atoms with Crippen molar-refractivity contribution in [2.45, 2.75) is 6.92 Å². The summed E-state index contributed by atoms with van der Waals surface area (Å²) in [6, 6.07) is 10.4. The van der Waals surface area contributed by atoms with E-state index in [1.165, 1.54) is 24.3 Å². The van der Waals surface area contributed by atoms with Crippen molar-refractivity contribution in [2.75, 3.05) is 22.4 Å². The molecule has 2 aromatic carbocycles. The van der Waals surface area contributed by atoms with Gasteiger partial charge in [-0.2, -0.15) is 0 Å². The van der Waals surface area contributed by atoms with Gasteiger partial charge < -0.3 is 5.32 Å². The number of anilines is 2. The van der Waals surface area contributed by atoms with E-state index in [0.29, 0.717) is 16.3 Å². The smallest absolute Gasteiger partial charge is 0.245 e. The molecule has 0 spiro atoms. The average Bonchev–Trinajstić information content (AvgIpc) is 2.49. The predicted molar refractivity (Wildman–Crippen MR) is 93.4 cm³/mol. The van der Waals surface area contributed by atoms with E-state index in [-0.39, 0.29) is 5.69 Å². The second-order valence-corrected chi connectivity index (χ2v) is 7.57. The molecule has 0 atom stereocenters. The van der Waals surface area contributed by atoms with E-state index in [1.807, 2.05) is 0 Å². The summed E-state index contributed by atoms with van der Waals surface area (Å²) in [6.07, 6.45) is 0.990. The van der Waals surface area contributed by atoms with Gasteiger partial charge in [-0.1, -0.05) is 29.8 Å². The molecule has 0 radical (unpaired) electrons. The number of hydrogen-bond donors (Lipinski definition) is 1. The zero-order valence-corrected chi connectivity index (χ0v) is 14.7. The van der Waals surface area contributed by atoms with Gasteiger partial charge in [-0.15, -0.1) is 0 Å². The van der Waals surface area contributed by atoms with Crippen molar-refractivity contribution in [3.05, 3.63) is 58.9 Å². The third-order valence-electron chi connectivity index (χ3n) is 3.28. The van der Waals surface area contributed by atoms with Gasteiger partial charge in [0.05, 0.1) is 17.6 Å². The zero-order chi connectivity index (χ0) is 17.9. The van der Waals surface area contributed by atoms with Crippen LogP contribution >= 0.6 is 11.6 Å². The van der Waals surface area contributed by atoms with Gasteiger partial charge >= 0.3 is 0 Å². The molecule has 0 aliphatic carbocycles. The number of nitrogens with zero attached hydrogens (tertiary/aromatic N) is 1. The minimum absolute atomic E-state index is 0.0150. The summed E-state index contributed by atoms with van der Waals surface area (Å²) in [4.78, 5) is 12.2. The molecular formula is C16H16ClFN2O3S. The first kappa shape index (κ1) is 18.2. The Labute approximate surface area is 145 Å². The fourth-order valence-electron chi connectivity index (χ4n) is 2.12. The number of carbonyl (C=O) groups excluding carboxylic acids is 1. The largest absolute Gasteiger partial charge is 0.322 e. The summed E-state index contributed by atoms with van der Waals surface area (Å²) in [5.41, 5.74) is 0.927. The average molecular weight is 371 g/mol. The lowest BCUT2D eigenvalue weighted by molar-refractivity contribution is -0.114. The Morgan fingerprint density at radius 3 is 2.54 bits per heavy atom. The van der Waals surface area contributed by atoms with Crippen LogP contribution in [0.2, 0.25) is 5.02 Å². The number of rotatable bonds is 5. The van der Waals surface area contributed by atoms with Crippen molar-refractivity contribution in [1.29, 1.82) is 0 Å². The van der Waals surface area contributed by atoms with Gasteiger partial charge in [0.1, 0.15) is 12.4 Å². The Bertz CT molecular complexity index is 871. The molecule has 2 rings (SSSR count). The number of nitrogens with one attached hydrogen (secondary N) is 1. The SMILES string of the molecule is Cc1ccc(Cl)cc1N(CC(=O)Nc1ccccc1F)S(C)(=O)=O. The van der Waals surface area contributed by atoms with Crippen molar-refractivity contribution in [3.63, 3.8) is 0 Å². The summed E-state index contributed by atoms with van der Waals surface area (Å²) in [5, 5.41) is 2.71. The van der Waals surface area contributed by atoms with Gasteiger partial charge in [-0.05, 0) is 36.8 Å². The number of carbonyl (C=O) groups is 1. The van der Waals surface area contributed by atoms with Crippen LogP contribution in [0.5, 0.6) is 0 Å². The molecule has 128 valence electrons. The summed E-state index contributed by atoms with van der Waals surface area (Å²) >= 11 is 5.93. The molecule has 8 heteroatoms. The maximum Gasteiger partial charge on any atom is 0.245 e. The van der Waals surface area contributed by atoms with Crippen molar-refractivity contribution in [1.82, 2.24) is 0 Å². The molecule has 1 amide bonds. The number of hydrogen-bond acceptors (Lipinski definition) is 3. The van der Waals surface area contributed by atoms with Crippen LogP contribution < -0.4 is 9.62 Å². The maximum atomic E-state index is 13.6. The maximum absolute atomic E-state index is 13.6. The predicted octanol–water partition coefficient (Wildman–Crippen LogP) is 3.19. The van der Waals surface area contributed by atoms with E-state index in [4.69, 9.17) is 11.6 Å². The second-order valence-electron chi connectivity index (χ2n) is 5.23. The van der Waals surface area contributed by atoms with E-state index in [2.05, 4.69) is 5.32 Å². The van der Waals surface area contributed by atoms with Gasteiger partial charge in [0.2, 0.25) is 15.9 Å². The molecule has 0 bridgehead atoms. The molecule has 5 nitrogen and oxygen atoms in total. The fraction of sp³-hybridized carbons (Fsp3) is 0.188. The van der Waals surface area contributed by atoms with E-state index in [0.717, 1.165) is 10.6 Å². The van der Waals surface area contributed by atoms with Gasteiger partial charge in [-0.3, -0.25) is 9.10 Å². The Hall–Kier alpha value is -2.12. The molecule has 0 aromatic heterocycles. The van der Waals surface area contributed by atoms with Crippen molar-refractivity contribution >= 4 is 38.9 Å². The van der Waals surface area contributed by atoms with Gasteiger partial charge in [0, 0.05) is 5.02 Å². The molecule has 0 heterocycles. The Balaban J connectivity index is 2.29. The lowest BCUT2D eigenvalue weighted by Crippen LogP contribution is -2.38. The number of sulfonamides is 1. The quantitative estimate of drug-likeness (QED) is 0.878. The minimum atomic E-state index is -3.73. The van der Waals surface area contributed by atoms with Crippen LogP contribution in [0.3, 0.4) is 0 Å². The number of benzene rings is 2. The number of amides is 1. The molecule has 1 N–H and O–H groups in total. The summed E-state index contributed by atoms with van der Waals surface area (Å²) in [7, 11) is -3.73. The summed E-state index contributed by atoms with van der Waals surface area (Å²) in [6.45, 7) is 1.22. The highest BCUT2D eigenvalue weighted by molar-refractivity contribution is 7.92. The van der Waals surface area contributed by atoms with Crippen LogP contribution in [-0.2, 0) is 14.8 Å². The normalized spacial score (nSPS) is 11.2. The van der Waals surface area contributed by atoms with Crippen LogP contribution in [0.1, 0.15) is 5.56 Å². The third kappa shape index (κ3) is 4.46. The minimum Gasteiger partial charge on any atom is -0.322 e. The third-order valence-corrected chi connectivity index (χ3v) is 4.64. The monoisotopic (exact) mass is 370 g/mol. The number of para-hydroxylation sites is 1. The summed E-state index contributed by atoms with van der Waals surface area (Å²) < 4.78 is 38.7. The molecule has 0 fully saturated rings. The van der Waals surface area contributed by atoms with E-state index >= 15 is 0 Å². The zero-order valence-electron chi connectivity index (χ0n) is 13.1. The van der Waals surface area contributed by atoms with E-state index < -0.39 is 28.3 Å². The Morgan fingerprint density at radius 1 is 1.25 bits per heavy atom. The van der Waals surface area contributed by atoms with Gasteiger partial charge in [0.15, 0.2) is 0 Å². The molecule has 0 saturated heterocycles. The van der Waals surface area contributed by atoms with Gasteiger partial charge in [0.25, 0.3) is 0 Å². The van der Waals surface area contributed by atoms with E-state index in [9.17, 15) is 17.6 Å². The number of aryl methyl sites for hydroxylation is 1.